The van der Waals surface area contributed by atoms with Crippen molar-refractivity contribution in [3.63, 3.8) is 0 Å². The topological polar surface area (TPSA) is 58.5 Å². The van der Waals surface area contributed by atoms with Crippen molar-refractivity contribution in [1.29, 1.82) is 0 Å². The van der Waals surface area contributed by atoms with Crippen LogP contribution in [0.2, 0.25) is 0 Å². The van der Waals surface area contributed by atoms with Crippen molar-refractivity contribution in [2.45, 2.75) is 39.4 Å². The Bertz CT molecular complexity index is 699. The molecule has 2 aromatic heterocycles. The number of imidazole rings is 1. The van der Waals surface area contributed by atoms with Crippen molar-refractivity contribution < 1.29 is 0 Å². The van der Waals surface area contributed by atoms with Gasteiger partial charge in [-0.3, -0.25) is 4.68 Å². The van der Waals surface area contributed by atoms with Crippen molar-refractivity contribution in [3.8, 4) is 0 Å². The zero-order valence-corrected chi connectivity index (χ0v) is 12.5. The van der Waals surface area contributed by atoms with Crippen LogP contribution in [0, 0.1) is 6.92 Å². The van der Waals surface area contributed by atoms with Gasteiger partial charge >= 0.3 is 0 Å². The monoisotopic (exact) mass is 283 g/mol. The average molecular weight is 283 g/mol. The second-order valence-electron chi connectivity index (χ2n) is 5.51. The van der Waals surface area contributed by atoms with Gasteiger partial charge in [0.05, 0.1) is 11.0 Å². The molecule has 3 rings (SSSR count). The van der Waals surface area contributed by atoms with E-state index in [-0.39, 0.29) is 0 Å². The second kappa shape index (κ2) is 6.10. The number of nitrogens with zero attached hydrogens (tertiary/aromatic N) is 3. The number of hydrogen-bond acceptors (Lipinski definition) is 3. The molecule has 2 N–H and O–H groups in total. The number of H-pyrrole nitrogens is 1. The first-order chi connectivity index (χ1) is 10.2. The summed E-state index contributed by atoms with van der Waals surface area (Å²) in [6.07, 6.45) is 4.88. The summed E-state index contributed by atoms with van der Waals surface area (Å²) in [6.45, 7) is 6.01. The summed E-state index contributed by atoms with van der Waals surface area (Å²) in [5.41, 5.74) is 3.41. The Kier molecular flexibility index (Phi) is 4.01. The van der Waals surface area contributed by atoms with Crippen LogP contribution in [0.15, 0.2) is 36.7 Å². The molecule has 0 unspecified atom stereocenters. The number of hydrogen-bond donors (Lipinski definition) is 2. The van der Waals surface area contributed by atoms with E-state index in [4.69, 9.17) is 0 Å². The smallest absolute Gasteiger partial charge is 0.104 e. The second-order valence-corrected chi connectivity index (χ2v) is 5.51. The molecule has 3 aromatic rings. The van der Waals surface area contributed by atoms with E-state index in [1.165, 1.54) is 5.56 Å². The average Bonchev–Trinajstić information content (AvgIpc) is 3.10. The van der Waals surface area contributed by atoms with Crippen LogP contribution in [0.25, 0.3) is 11.0 Å². The van der Waals surface area contributed by atoms with Crippen LogP contribution in [-0.4, -0.2) is 25.8 Å². The summed E-state index contributed by atoms with van der Waals surface area (Å²) < 4.78 is 1.97. The van der Waals surface area contributed by atoms with E-state index in [0.29, 0.717) is 6.04 Å². The molecule has 21 heavy (non-hydrogen) atoms. The normalized spacial score (nSPS) is 12.9. The lowest BCUT2D eigenvalue weighted by Gasteiger charge is -2.13. The molecule has 0 spiro atoms. The Morgan fingerprint density at radius 3 is 3.10 bits per heavy atom. The van der Waals surface area contributed by atoms with Gasteiger partial charge < -0.3 is 10.3 Å². The van der Waals surface area contributed by atoms with Crippen LogP contribution >= 0.6 is 0 Å². The molecule has 0 amide bonds. The predicted molar refractivity (Wildman–Crippen MR) is 84.0 cm³/mol. The Labute approximate surface area is 124 Å². The Morgan fingerprint density at radius 2 is 2.29 bits per heavy atom. The molecular weight excluding hydrogens is 262 g/mol. The Morgan fingerprint density at radius 1 is 1.38 bits per heavy atom. The summed E-state index contributed by atoms with van der Waals surface area (Å²) in [5, 5.41) is 7.78. The summed E-state index contributed by atoms with van der Waals surface area (Å²) in [4.78, 5) is 7.70. The van der Waals surface area contributed by atoms with Crippen LogP contribution in [-0.2, 0) is 13.1 Å². The molecular formula is C16H21N5. The fourth-order valence-corrected chi connectivity index (χ4v) is 2.45. The molecule has 1 aromatic carbocycles. The van der Waals surface area contributed by atoms with Gasteiger partial charge in [0.25, 0.3) is 0 Å². The van der Waals surface area contributed by atoms with E-state index >= 15 is 0 Å². The molecule has 0 bridgehead atoms. The fourth-order valence-electron chi connectivity index (χ4n) is 2.45. The van der Waals surface area contributed by atoms with Crippen LogP contribution in [0.3, 0.4) is 0 Å². The lowest BCUT2D eigenvalue weighted by Crippen LogP contribution is -2.26. The van der Waals surface area contributed by atoms with Gasteiger partial charge in [-0.15, -0.1) is 0 Å². The number of aryl methyl sites for hydroxylation is 2. The van der Waals surface area contributed by atoms with E-state index in [1.807, 2.05) is 30.1 Å². The molecule has 110 valence electrons. The van der Waals surface area contributed by atoms with Gasteiger partial charge in [0.15, 0.2) is 0 Å². The van der Waals surface area contributed by atoms with Gasteiger partial charge in [-0.1, -0.05) is 6.07 Å². The SMILES string of the molecule is Cc1nc2ccc(CN[C@H](C)CCn3cccn3)cc2[nH]1. The molecule has 0 aliphatic carbocycles. The van der Waals surface area contributed by atoms with Gasteiger partial charge in [0, 0.05) is 31.5 Å². The third-order valence-electron chi connectivity index (χ3n) is 3.67. The first-order valence-electron chi connectivity index (χ1n) is 7.37. The molecule has 1 atom stereocenters. The Hall–Kier alpha value is -2.14. The molecule has 0 aliphatic heterocycles. The molecule has 0 radical (unpaired) electrons. The van der Waals surface area contributed by atoms with Gasteiger partial charge in [-0.25, -0.2) is 4.98 Å². The van der Waals surface area contributed by atoms with E-state index in [9.17, 15) is 0 Å². The van der Waals surface area contributed by atoms with Crippen molar-refractivity contribution >= 4 is 11.0 Å². The largest absolute Gasteiger partial charge is 0.342 e. The molecule has 5 nitrogen and oxygen atoms in total. The third-order valence-corrected chi connectivity index (χ3v) is 3.67. The summed E-state index contributed by atoms with van der Waals surface area (Å²) >= 11 is 0. The fraction of sp³-hybridized carbons (Fsp3) is 0.375. The summed E-state index contributed by atoms with van der Waals surface area (Å²) in [7, 11) is 0. The molecule has 5 heteroatoms. The maximum Gasteiger partial charge on any atom is 0.104 e. The van der Waals surface area contributed by atoms with Crippen molar-refractivity contribution in [2.75, 3.05) is 0 Å². The number of aromatic amines is 1. The summed E-state index contributed by atoms with van der Waals surface area (Å²) in [5.74, 6) is 0.961. The highest BCUT2D eigenvalue weighted by Gasteiger charge is 2.04. The first kappa shape index (κ1) is 13.8. The number of rotatable bonds is 6. The van der Waals surface area contributed by atoms with Crippen LogP contribution in [0.5, 0.6) is 0 Å². The quantitative estimate of drug-likeness (QED) is 0.731. The number of fused-ring (bicyclic) bond motifs is 1. The van der Waals surface area contributed by atoms with E-state index in [1.54, 1.807) is 0 Å². The zero-order valence-electron chi connectivity index (χ0n) is 12.5. The lowest BCUT2D eigenvalue weighted by molar-refractivity contribution is 0.458. The van der Waals surface area contributed by atoms with E-state index in [2.05, 4.69) is 45.5 Å². The number of benzene rings is 1. The molecule has 0 saturated carbocycles. The highest BCUT2D eigenvalue weighted by atomic mass is 15.3. The number of nitrogens with one attached hydrogen (secondary N) is 2. The maximum absolute atomic E-state index is 4.42. The van der Waals surface area contributed by atoms with Crippen molar-refractivity contribution in [3.05, 3.63) is 48.0 Å². The molecule has 0 saturated heterocycles. The highest BCUT2D eigenvalue weighted by Crippen LogP contribution is 2.13. The number of aromatic nitrogens is 4. The minimum atomic E-state index is 0.452. The van der Waals surface area contributed by atoms with Crippen LogP contribution in [0.4, 0.5) is 0 Å². The van der Waals surface area contributed by atoms with Gasteiger partial charge in [-0.05, 0) is 44.0 Å². The van der Waals surface area contributed by atoms with Gasteiger partial charge in [0.1, 0.15) is 5.82 Å². The summed E-state index contributed by atoms with van der Waals surface area (Å²) in [6, 6.07) is 8.79. The van der Waals surface area contributed by atoms with E-state index < -0.39 is 0 Å². The molecule has 0 fully saturated rings. The van der Waals surface area contributed by atoms with Crippen LogP contribution in [0.1, 0.15) is 24.7 Å². The lowest BCUT2D eigenvalue weighted by atomic mass is 10.1. The van der Waals surface area contributed by atoms with Crippen LogP contribution < -0.4 is 5.32 Å². The van der Waals surface area contributed by atoms with Crippen molar-refractivity contribution in [1.82, 2.24) is 25.1 Å². The minimum Gasteiger partial charge on any atom is -0.342 e. The first-order valence-corrected chi connectivity index (χ1v) is 7.37. The highest BCUT2D eigenvalue weighted by molar-refractivity contribution is 5.75. The Balaban J connectivity index is 1.53. The standard InChI is InChI=1S/C16H21N5/c1-12(6-9-21-8-3-7-18-21)17-11-14-4-5-15-16(10-14)20-13(2)19-15/h3-5,7-8,10,12,17H,6,9,11H2,1-2H3,(H,19,20)/t12-/m1/s1. The van der Waals surface area contributed by atoms with Crippen molar-refractivity contribution in [2.24, 2.45) is 0 Å². The maximum atomic E-state index is 4.42. The molecule has 2 heterocycles. The van der Waals surface area contributed by atoms with E-state index in [0.717, 1.165) is 36.4 Å². The van der Waals surface area contributed by atoms with Gasteiger partial charge in [-0.2, -0.15) is 5.10 Å². The third kappa shape index (κ3) is 3.49. The van der Waals surface area contributed by atoms with Gasteiger partial charge in [0.2, 0.25) is 0 Å². The zero-order chi connectivity index (χ0) is 14.7. The molecule has 0 aliphatic rings. The minimum absolute atomic E-state index is 0.452. The predicted octanol–water partition coefficient (Wildman–Crippen LogP) is 2.64.